The summed E-state index contributed by atoms with van der Waals surface area (Å²) in [7, 11) is 0. The SMILES string of the molecule is Cc1c(-c2cn3ccccc3n2)c(=O)n(C[C@H](N)c2ccccc2)c(=O)n1Cc1c(F)cccc1F. The molecule has 5 rings (SSSR count). The molecule has 36 heavy (non-hydrogen) atoms. The Morgan fingerprint density at radius 3 is 2.31 bits per heavy atom. The molecule has 5 aromatic rings. The van der Waals surface area contributed by atoms with Gasteiger partial charge in [-0.1, -0.05) is 42.5 Å². The van der Waals surface area contributed by atoms with E-state index in [1.54, 1.807) is 41.9 Å². The van der Waals surface area contributed by atoms with Crippen LogP contribution in [0.3, 0.4) is 0 Å². The predicted octanol–water partition coefficient (Wildman–Crippen LogP) is 3.66. The molecule has 0 fully saturated rings. The molecule has 3 aromatic heterocycles. The van der Waals surface area contributed by atoms with E-state index in [1.165, 1.54) is 10.6 Å². The fraction of sp³-hybridized carbons (Fsp3) is 0.148. The highest BCUT2D eigenvalue weighted by atomic mass is 19.1. The minimum Gasteiger partial charge on any atom is -0.322 e. The van der Waals surface area contributed by atoms with Crippen molar-refractivity contribution in [2.75, 3.05) is 0 Å². The number of imidazole rings is 1. The van der Waals surface area contributed by atoms with Crippen LogP contribution < -0.4 is 17.0 Å². The first-order valence-electron chi connectivity index (χ1n) is 11.4. The summed E-state index contributed by atoms with van der Waals surface area (Å²) < 4.78 is 33.0. The van der Waals surface area contributed by atoms with Crippen LogP contribution in [0.4, 0.5) is 8.78 Å². The molecule has 2 N–H and O–H groups in total. The number of nitrogens with zero attached hydrogens (tertiary/aromatic N) is 4. The van der Waals surface area contributed by atoms with Gasteiger partial charge in [0.25, 0.3) is 5.56 Å². The molecule has 0 aliphatic carbocycles. The van der Waals surface area contributed by atoms with E-state index in [0.29, 0.717) is 11.3 Å². The molecule has 3 heterocycles. The number of hydrogen-bond donors (Lipinski definition) is 1. The molecule has 0 amide bonds. The molecule has 182 valence electrons. The highest BCUT2D eigenvalue weighted by Gasteiger charge is 2.23. The maximum atomic E-state index is 14.5. The van der Waals surface area contributed by atoms with Gasteiger partial charge in [0.15, 0.2) is 0 Å². The Bertz CT molecular complexity index is 1640. The first-order valence-corrected chi connectivity index (χ1v) is 11.4. The van der Waals surface area contributed by atoms with E-state index in [2.05, 4.69) is 4.98 Å². The van der Waals surface area contributed by atoms with E-state index < -0.39 is 35.5 Å². The number of halogens is 2. The molecule has 0 spiro atoms. The van der Waals surface area contributed by atoms with Gasteiger partial charge in [0, 0.05) is 29.7 Å². The predicted molar refractivity (Wildman–Crippen MR) is 133 cm³/mol. The van der Waals surface area contributed by atoms with E-state index in [9.17, 15) is 18.4 Å². The molecule has 1 atom stereocenters. The summed E-state index contributed by atoms with van der Waals surface area (Å²) >= 11 is 0. The lowest BCUT2D eigenvalue weighted by Crippen LogP contribution is -2.44. The normalized spacial score (nSPS) is 12.2. The van der Waals surface area contributed by atoms with Crippen LogP contribution >= 0.6 is 0 Å². The van der Waals surface area contributed by atoms with Crippen molar-refractivity contribution in [2.24, 2.45) is 5.73 Å². The molecule has 2 aromatic carbocycles. The van der Waals surface area contributed by atoms with Crippen LogP contribution in [-0.2, 0) is 13.1 Å². The van der Waals surface area contributed by atoms with Gasteiger partial charge in [-0.2, -0.15) is 0 Å². The Kier molecular flexibility index (Phi) is 6.07. The maximum Gasteiger partial charge on any atom is 0.331 e. The van der Waals surface area contributed by atoms with E-state index in [4.69, 9.17) is 5.73 Å². The van der Waals surface area contributed by atoms with Gasteiger partial charge in [0.05, 0.1) is 24.3 Å². The minimum absolute atomic E-state index is 0.123. The second-order valence-corrected chi connectivity index (χ2v) is 8.55. The molecule has 9 heteroatoms. The van der Waals surface area contributed by atoms with E-state index >= 15 is 0 Å². The van der Waals surface area contributed by atoms with Crippen molar-refractivity contribution >= 4 is 5.65 Å². The Balaban J connectivity index is 1.72. The minimum atomic E-state index is -0.783. The lowest BCUT2D eigenvalue weighted by Gasteiger charge is -2.19. The van der Waals surface area contributed by atoms with Crippen LogP contribution in [0.15, 0.2) is 88.7 Å². The van der Waals surface area contributed by atoms with Crippen LogP contribution in [-0.4, -0.2) is 18.5 Å². The summed E-state index contributed by atoms with van der Waals surface area (Å²) in [5.41, 5.74) is 6.90. The Labute approximate surface area is 204 Å². The summed E-state index contributed by atoms with van der Waals surface area (Å²) in [4.78, 5) is 31.8. The van der Waals surface area contributed by atoms with Gasteiger partial charge >= 0.3 is 5.69 Å². The van der Waals surface area contributed by atoms with Crippen LogP contribution in [0.5, 0.6) is 0 Å². The Hall–Kier alpha value is -4.37. The molecule has 0 bridgehead atoms. The van der Waals surface area contributed by atoms with Crippen molar-refractivity contribution in [3.63, 3.8) is 0 Å². The second-order valence-electron chi connectivity index (χ2n) is 8.55. The largest absolute Gasteiger partial charge is 0.331 e. The molecule has 0 saturated carbocycles. The van der Waals surface area contributed by atoms with Gasteiger partial charge in [-0.15, -0.1) is 0 Å². The molecular formula is C27H23F2N5O2. The van der Waals surface area contributed by atoms with Crippen molar-refractivity contribution in [1.82, 2.24) is 18.5 Å². The molecule has 0 unspecified atom stereocenters. The zero-order valence-corrected chi connectivity index (χ0v) is 19.4. The summed E-state index contributed by atoms with van der Waals surface area (Å²) in [6, 6.07) is 17.4. The molecule has 0 radical (unpaired) electrons. The number of hydrogen-bond acceptors (Lipinski definition) is 4. The van der Waals surface area contributed by atoms with Gasteiger partial charge in [-0.3, -0.25) is 13.9 Å². The quantitative estimate of drug-likeness (QED) is 0.396. The molecule has 0 aliphatic rings. The first-order chi connectivity index (χ1) is 17.3. The van der Waals surface area contributed by atoms with Gasteiger partial charge in [0.1, 0.15) is 17.3 Å². The van der Waals surface area contributed by atoms with Gasteiger partial charge < -0.3 is 10.1 Å². The molecule has 7 nitrogen and oxygen atoms in total. The van der Waals surface area contributed by atoms with Crippen LogP contribution in [0.1, 0.15) is 22.9 Å². The Morgan fingerprint density at radius 2 is 1.61 bits per heavy atom. The molecule has 0 aliphatic heterocycles. The number of fused-ring (bicyclic) bond motifs is 1. The lowest BCUT2D eigenvalue weighted by molar-refractivity contribution is 0.493. The first kappa shape index (κ1) is 23.4. The van der Waals surface area contributed by atoms with E-state index in [1.807, 2.05) is 30.3 Å². The zero-order chi connectivity index (χ0) is 25.4. The number of benzene rings is 2. The monoisotopic (exact) mass is 487 g/mol. The standard InChI is InChI=1S/C27H23F2N5O2/c1-17-25(23-16-32-13-6-5-12-24(32)31-23)26(35)34(15-22(30)18-8-3-2-4-9-18)27(36)33(17)14-19-20(28)10-7-11-21(19)29/h2-13,16,22H,14-15,30H2,1H3/t22-/m0/s1. The zero-order valence-electron chi connectivity index (χ0n) is 19.4. The van der Waals surface area contributed by atoms with Gasteiger partial charge in [0.2, 0.25) is 0 Å². The van der Waals surface area contributed by atoms with Crippen molar-refractivity contribution in [2.45, 2.75) is 26.1 Å². The van der Waals surface area contributed by atoms with Gasteiger partial charge in [-0.05, 0) is 36.8 Å². The highest BCUT2D eigenvalue weighted by Crippen LogP contribution is 2.21. The second kappa shape index (κ2) is 9.35. The summed E-state index contributed by atoms with van der Waals surface area (Å²) in [5.74, 6) is -1.57. The molecule has 0 saturated heterocycles. The average molecular weight is 488 g/mol. The fourth-order valence-corrected chi connectivity index (χ4v) is 4.34. The number of rotatable bonds is 6. The van der Waals surface area contributed by atoms with Crippen LogP contribution in [0.2, 0.25) is 0 Å². The van der Waals surface area contributed by atoms with Gasteiger partial charge in [-0.25, -0.2) is 18.6 Å². The smallest absolute Gasteiger partial charge is 0.322 e. The Morgan fingerprint density at radius 1 is 0.917 bits per heavy atom. The number of aromatic nitrogens is 4. The number of nitrogens with two attached hydrogens (primary N) is 1. The van der Waals surface area contributed by atoms with Crippen molar-refractivity contribution in [3.8, 4) is 11.3 Å². The number of pyridine rings is 1. The summed E-state index contributed by atoms with van der Waals surface area (Å²) in [6.07, 6.45) is 3.47. The highest BCUT2D eigenvalue weighted by molar-refractivity contribution is 5.64. The van der Waals surface area contributed by atoms with Crippen LogP contribution in [0.25, 0.3) is 16.9 Å². The third kappa shape index (κ3) is 4.14. The topological polar surface area (TPSA) is 87.3 Å². The maximum absolute atomic E-state index is 14.5. The van der Waals surface area contributed by atoms with Crippen molar-refractivity contribution in [1.29, 1.82) is 0 Å². The van der Waals surface area contributed by atoms with Crippen molar-refractivity contribution < 1.29 is 8.78 Å². The average Bonchev–Trinajstić information content (AvgIpc) is 3.30. The molecular weight excluding hydrogens is 464 g/mol. The summed E-state index contributed by atoms with van der Waals surface area (Å²) in [6.45, 7) is 1.05. The third-order valence-electron chi connectivity index (χ3n) is 6.29. The third-order valence-corrected chi connectivity index (χ3v) is 6.29. The van der Waals surface area contributed by atoms with Crippen LogP contribution in [0, 0.1) is 18.6 Å². The van der Waals surface area contributed by atoms with E-state index in [-0.39, 0.29) is 23.4 Å². The fourth-order valence-electron chi connectivity index (χ4n) is 4.34. The van der Waals surface area contributed by atoms with E-state index in [0.717, 1.165) is 22.3 Å². The van der Waals surface area contributed by atoms with Crippen molar-refractivity contribution in [3.05, 3.63) is 128 Å². The summed E-state index contributed by atoms with van der Waals surface area (Å²) in [5, 5.41) is 0. The lowest BCUT2D eigenvalue weighted by atomic mass is 10.1.